The maximum absolute atomic E-state index is 12.0. The molecule has 8 heteroatoms. The average Bonchev–Trinajstić information content (AvgIpc) is 3.13. The normalized spacial score (nSPS) is 10.6. The summed E-state index contributed by atoms with van der Waals surface area (Å²) in [6.07, 6.45) is 3.44. The van der Waals surface area contributed by atoms with Gasteiger partial charge in [-0.1, -0.05) is 6.07 Å². The molecule has 0 unspecified atom stereocenters. The van der Waals surface area contributed by atoms with Crippen LogP contribution in [0.1, 0.15) is 17.0 Å². The number of nitrogens with zero attached hydrogens (tertiary/aromatic N) is 2. The number of nitrogens with one attached hydrogen (secondary N) is 1. The molecule has 1 amide bonds. The minimum atomic E-state index is -0.0277. The van der Waals surface area contributed by atoms with Gasteiger partial charge in [-0.2, -0.15) is 0 Å². The molecule has 2 heterocycles. The van der Waals surface area contributed by atoms with E-state index in [1.54, 1.807) is 26.6 Å². The van der Waals surface area contributed by atoms with E-state index in [4.69, 9.17) is 13.9 Å². The summed E-state index contributed by atoms with van der Waals surface area (Å²) in [4.78, 5) is 20.6. The highest BCUT2D eigenvalue weighted by molar-refractivity contribution is 7.99. The van der Waals surface area contributed by atoms with Crippen LogP contribution in [0.4, 0.5) is 0 Å². The van der Waals surface area contributed by atoms with Crippen molar-refractivity contribution in [1.82, 2.24) is 15.3 Å². The number of ether oxygens (including phenoxy) is 2. The second-order valence-corrected chi connectivity index (χ2v) is 7.21. The Bertz CT molecular complexity index is 960. The van der Waals surface area contributed by atoms with Crippen LogP contribution in [0, 0.1) is 6.92 Å². The fourth-order valence-corrected chi connectivity index (χ4v) is 3.50. The van der Waals surface area contributed by atoms with Gasteiger partial charge in [0.05, 0.1) is 25.7 Å². The van der Waals surface area contributed by atoms with Crippen molar-refractivity contribution in [2.45, 2.75) is 19.2 Å². The molecule has 0 bridgehead atoms. The van der Waals surface area contributed by atoms with Gasteiger partial charge in [0.2, 0.25) is 11.8 Å². The molecule has 7 nitrogen and oxygen atoms in total. The fourth-order valence-electron chi connectivity index (χ4n) is 2.65. The third kappa shape index (κ3) is 5.51. The number of benzene rings is 1. The van der Waals surface area contributed by atoms with Crippen molar-refractivity contribution in [2.75, 3.05) is 20.0 Å². The number of aryl methyl sites for hydroxylation is 1. The summed E-state index contributed by atoms with van der Waals surface area (Å²) >= 11 is 1.49. The second kappa shape index (κ2) is 9.97. The lowest BCUT2D eigenvalue weighted by Gasteiger charge is -2.07. The zero-order chi connectivity index (χ0) is 20.6. The number of thioether (sulfide) groups is 1. The van der Waals surface area contributed by atoms with Crippen LogP contribution in [0.15, 0.2) is 47.1 Å². The molecule has 0 atom stereocenters. The molecule has 0 aliphatic rings. The summed E-state index contributed by atoms with van der Waals surface area (Å²) in [6, 6.07) is 9.28. The van der Waals surface area contributed by atoms with Gasteiger partial charge in [0.1, 0.15) is 5.76 Å². The smallest absolute Gasteiger partial charge is 0.230 e. The zero-order valence-electron chi connectivity index (χ0n) is 16.6. The Morgan fingerprint density at radius 1 is 1.21 bits per heavy atom. The van der Waals surface area contributed by atoms with Crippen LogP contribution in [0.25, 0.3) is 11.5 Å². The number of carbonyl (C=O) groups excluding carboxylic acids is 1. The van der Waals surface area contributed by atoms with Crippen LogP contribution in [-0.4, -0.2) is 35.8 Å². The first-order chi connectivity index (χ1) is 14.1. The maximum Gasteiger partial charge on any atom is 0.230 e. The molecule has 152 valence electrons. The highest BCUT2D eigenvalue weighted by Crippen LogP contribution is 2.33. The standard InChI is InChI=1S/C21H23N3O4S/c1-14-17(12-29-13-20(25)23-11-15-5-4-8-22-10-15)24-21(28-14)16-6-7-18(26-2)19(9-16)27-3/h4-10H,11-13H2,1-3H3,(H,23,25). The fraction of sp³-hybridized carbons (Fsp3) is 0.286. The van der Waals surface area contributed by atoms with E-state index >= 15 is 0 Å². The maximum atomic E-state index is 12.0. The van der Waals surface area contributed by atoms with Crippen LogP contribution >= 0.6 is 11.8 Å². The van der Waals surface area contributed by atoms with E-state index in [-0.39, 0.29) is 5.91 Å². The molecule has 0 aliphatic heterocycles. The summed E-state index contributed by atoms with van der Waals surface area (Å²) in [6.45, 7) is 2.34. The van der Waals surface area contributed by atoms with Crippen LogP contribution in [0.3, 0.4) is 0 Å². The third-order valence-corrected chi connectivity index (χ3v) is 5.15. The van der Waals surface area contributed by atoms with Gasteiger partial charge in [-0.05, 0) is 36.8 Å². The van der Waals surface area contributed by atoms with Crippen molar-refractivity contribution in [2.24, 2.45) is 0 Å². The van der Waals surface area contributed by atoms with Crippen molar-refractivity contribution in [3.8, 4) is 23.0 Å². The summed E-state index contributed by atoms with van der Waals surface area (Å²) in [5, 5.41) is 2.88. The number of hydrogen-bond donors (Lipinski definition) is 1. The third-order valence-electron chi connectivity index (χ3n) is 4.21. The molecule has 0 radical (unpaired) electrons. The van der Waals surface area contributed by atoms with E-state index in [2.05, 4.69) is 15.3 Å². The molecule has 0 saturated heterocycles. The van der Waals surface area contributed by atoms with E-state index in [1.807, 2.05) is 37.3 Å². The Balaban J connectivity index is 1.55. The van der Waals surface area contributed by atoms with Crippen LogP contribution in [-0.2, 0) is 17.1 Å². The van der Waals surface area contributed by atoms with Crippen LogP contribution < -0.4 is 14.8 Å². The molecule has 3 rings (SSSR count). The second-order valence-electron chi connectivity index (χ2n) is 6.22. The molecule has 3 aromatic rings. The van der Waals surface area contributed by atoms with E-state index in [0.717, 1.165) is 22.6 Å². The number of amides is 1. The minimum Gasteiger partial charge on any atom is -0.493 e. The van der Waals surface area contributed by atoms with Crippen molar-refractivity contribution < 1.29 is 18.7 Å². The number of hydrogen-bond acceptors (Lipinski definition) is 7. The quantitative estimate of drug-likeness (QED) is 0.573. The number of aromatic nitrogens is 2. The first kappa shape index (κ1) is 20.7. The molecule has 0 aliphatic carbocycles. The highest BCUT2D eigenvalue weighted by atomic mass is 32.2. The Hall–Kier alpha value is -3.00. The Kier molecular flexibility index (Phi) is 7.13. The zero-order valence-corrected chi connectivity index (χ0v) is 17.4. The first-order valence-corrected chi connectivity index (χ1v) is 10.2. The minimum absolute atomic E-state index is 0.0277. The van der Waals surface area contributed by atoms with Gasteiger partial charge < -0.3 is 19.2 Å². The van der Waals surface area contributed by atoms with Gasteiger partial charge in [-0.15, -0.1) is 11.8 Å². The molecule has 1 aromatic carbocycles. The summed E-state index contributed by atoms with van der Waals surface area (Å²) in [5.74, 6) is 3.41. The Morgan fingerprint density at radius 3 is 2.76 bits per heavy atom. The number of rotatable bonds is 9. The number of carbonyl (C=O) groups is 1. The van der Waals surface area contributed by atoms with Crippen molar-refractivity contribution in [3.05, 3.63) is 59.7 Å². The molecule has 0 saturated carbocycles. The van der Waals surface area contributed by atoms with Gasteiger partial charge in [0.15, 0.2) is 11.5 Å². The van der Waals surface area contributed by atoms with Gasteiger partial charge in [-0.25, -0.2) is 4.98 Å². The van der Waals surface area contributed by atoms with Gasteiger partial charge in [0, 0.05) is 30.3 Å². The van der Waals surface area contributed by atoms with Crippen molar-refractivity contribution in [1.29, 1.82) is 0 Å². The molecule has 0 spiro atoms. The van der Waals surface area contributed by atoms with Gasteiger partial charge >= 0.3 is 0 Å². The van der Waals surface area contributed by atoms with Crippen molar-refractivity contribution >= 4 is 17.7 Å². The number of methoxy groups -OCH3 is 2. The lowest BCUT2D eigenvalue weighted by molar-refractivity contribution is -0.118. The summed E-state index contributed by atoms with van der Waals surface area (Å²) in [5.41, 5.74) is 2.59. The molecule has 29 heavy (non-hydrogen) atoms. The predicted molar refractivity (Wildman–Crippen MR) is 112 cm³/mol. The summed E-state index contributed by atoms with van der Waals surface area (Å²) in [7, 11) is 3.18. The molecule has 1 N–H and O–H groups in total. The van der Waals surface area contributed by atoms with Crippen LogP contribution in [0.5, 0.6) is 11.5 Å². The van der Waals surface area contributed by atoms with Crippen LogP contribution in [0.2, 0.25) is 0 Å². The highest BCUT2D eigenvalue weighted by Gasteiger charge is 2.14. The topological polar surface area (TPSA) is 86.5 Å². The van der Waals surface area contributed by atoms with E-state index < -0.39 is 0 Å². The number of pyridine rings is 1. The monoisotopic (exact) mass is 413 g/mol. The molecular weight excluding hydrogens is 390 g/mol. The summed E-state index contributed by atoms with van der Waals surface area (Å²) < 4.78 is 16.4. The largest absolute Gasteiger partial charge is 0.493 e. The lowest BCUT2D eigenvalue weighted by Crippen LogP contribution is -2.24. The Labute approximate surface area is 173 Å². The first-order valence-electron chi connectivity index (χ1n) is 9.02. The van der Waals surface area contributed by atoms with Gasteiger partial charge in [-0.3, -0.25) is 9.78 Å². The van der Waals surface area contributed by atoms with Crippen molar-refractivity contribution in [3.63, 3.8) is 0 Å². The molecular formula is C21H23N3O4S. The van der Waals surface area contributed by atoms with E-state index in [0.29, 0.717) is 35.4 Å². The molecule has 0 fully saturated rings. The molecule has 2 aromatic heterocycles. The lowest BCUT2D eigenvalue weighted by atomic mass is 10.2. The number of oxazole rings is 1. The van der Waals surface area contributed by atoms with E-state index in [1.165, 1.54) is 11.8 Å². The Morgan fingerprint density at radius 2 is 2.03 bits per heavy atom. The predicted octanol–water partition coefficient (Wildman–Crippen LogP) is 3.61. The van der Waals surface area contributed by atoms with E-state index in [9.17, 15) is 4.79 Å². The average molecular weight is 413 g/mol. The SMILES string of the molecule is COc1ccc(-c2nc(CSCC(=O)NCc3cccnc3)c(C)o2)cc1OC. The van der Waals surface area contributed by atoms with Gasteiger partial charge in [0.25, 0.3) is 0 Å².